The van der Waals surface area contributed by atoms with Crippen molar-refractivity contribution in [3.8, 4) is 28.7 Å². The zero-order valence-electron chi connectivity index (χ0n) is 26.4. The van der Waals surface area contributed by atoms with Crippen molar-refractivity contribution in [1.29, 1.82) is 0 Å². The number of ether oxygens (including phenoxy) is 5. The monoisotopic (exact) mass is 612 g/mol. The molecule has 0 spiro atoms. The molecule has 0 unspecified atom stereocenters. The Morgan fingerprint density at radius 2 is 1.20 bits per heavy atom. The molecule has 1 atom stereocenters. The van der Waals surface area contributed by atoms with Crippen LogP contribution in [-0.2, 0) is 29.0 Å². The summed E-state index contributed by atoms with van der Waals surface area (Å²) in [5.41, 5.74) is 3.27. The van der Waals surface area contributed by atoms with E-state index in [1.807, 2.05) is 78.9 Å². The number of rotatable bonds is 15. The molecule has 2 amide bonds. The second kappa shape index (κ2) is 16.0. The molecule has 0 fully saturated rings. The smallest absolute Gasteiger partial charge is 0.247 e. The zero-order chi connectivity index (χ0) is 32.2. The third-order valence-electron chi connectivity index (χ3n) is 7.47. The highest BCUT2D eigenvalue weighted by molar-refractivity contribution is 5.89. The van der Waals surface area contributed by atoms with Gasteiger partial charge in [0.2, 0.25) is 11.8 Å². The number of amides is 2. The first kappa shape index (κ1) is 32.7. The number of hydrogen-bond donors (Lipinski definition) is 1. The van der Waals surface area contributed by atoms with Gasteiger partial charge in [-0.05, 0) is 65.1 Å². The Morgan fingerprint density at radius 3 is 1.78 bits per heavy atom. The summed E-state index contributed by atoms with van der Waals surface area (Å²) >= 11 is 0. The molecule has 0 aliphatic carbocycles. The summed E-state index contributed by atoms with van der Waals surface area (Å²) in [7, 11) is 7.90. The molecule has 0 aliphatic rings. The number of nitrogens with zero attached hydrogens (tertiary/aromatic N) is 1. The normalized spacial score (nSPS) is 11.2. The van der Waals surface area contributed by atoms with Crippen LogP contribution in [-0.4, -0.2) is 58.8 Å². The molecule has 0 bridgehead atoms. The van der Waals surface area contributed by atoms with E-state index in [1.165, 1.54) is 0 Å². The van der Waals surface area contributed by atoms with Gasteiger partial charge >= 0.3 is 0 Å². The third kappa shape index (κ3) is 8.47. The van der Waals surface area contributed by atoms with Crippen LogP contribution in [0.5, 0.6) is 28.7 Å². The first-order chi connectivity index (χ1) is 21.9. The summed E-state index contributed by atoms with van der Waals surface area (Å²) in [4.78, 5) is 29.8. The lowest BCUT2D eigenvalue weighted by molar-refractivity contribution is -0.141. The van der Waals surface area contributed by atoms with E-state index in [9.17, 15) is 9.59 Å². The van der Waals surface area contributed by atoms with Crippen molar-refractivity contribution in [2.24, 2.45) is 0 Å². The minimum atomic E-state index is -0.883. The average Bonchev–Trinajstić information content (AvgIpc) is 3.08. The number of nitrogens with one attached hydrogen (secondary N) is 1. The molecule has 0 heterocycles. The minimum absolute atomic E-state index is 0.0543. The van der Waals surface area contributed by atoms with Crippen molar-refractivity contribution in [2.75, 3.05) is 42.1 Å². The predicted molar refractivity (Wildman–Crippen MR) is 172 cm³/mol. The van der Waals surface area contributed by atoms with Crippen molar-refractivity contribution >= 4 is 11.8 Å². The van der Waals surface area contributed by atoms with Gasteiger partial charge in [0.05, 0.1) is 42.0 Å². The highest BCUT2D eigenvalue weighted by Gasteiger charge is 2.31. The molecule has 4 rings (SSSR count). The predicted octanol–water partition coefficient (Wildman–Crippen LogP) is 5.40. The number of hydrogen-bond acceptors (Lipinski definition) is 7. The molecule has 4 aromatic carbocycles. The van der Waals surface area contributed by atoms with Crippen LogP contribution in [0.25, 0.3) is 0 Å². The van der Waals surface area contributed by atoms with Gasteiger partial charge < -0.3 is 33.9 Å². The maximum absolute atomic E-state index is 14.2. The van der Waals surface area contributed by atoms with Gasteiger partial charge in [-0.2, -0.15) is 0 Å². The SMILES string of the molecule is COc1ccc(CN(C(=O)Cc2ccc(OC)c(OC)c2)[C@H](C(=O)NCCc2ccc(OC)c(OC)c2)c2ccccc2)cc1. The molecule has 45 heavy (non-hydrogen) atoms. The van der Waals surface area contributed by atoms with Gasteiger partial charge in [0.25, 0.3) is 0 Å². The Balaban J connectivity index is 1.63. The highest BCUT2D eigenvalue weighted by atomic mass is 16.5. The van der Waals surface area contributed by atoms with E-state index >= 15 is 0 Å². The summed E-state index contributed by atoms with van der Waals surface area (Å²) < 4.78 is 26.9. The van der Waals surface area contributed by atoms with Crippen LogP contribution in [0.3, 0.4) is 0 Å². The van der Waals surface area contributed by atoms with Crippen LogP contribution in [0.4, 0.5) is 0 Å². The summed E-state index contributed by atoms with van der Waals surface area (Å²) in [5.74, 6) is 2.55. The highest BCUT2D eigenvalue weighted by Crippen LogP contribution is 2.30. The van der Waals surface area contributed by atoms with Crippen molar-refractivity contribution in [3.63, 3.8) is 0 Å². The Morgan fingerprint density at radius 1 is 0.644 bits per heavy atom. The van der Waals surface area contributed by atoms with E-state index in [-0.39, 0.29) is 24.8 Å². The van der Waals surface area contributed by atoms with Gasteiger partial charge in [0, 0.05) is 13.1 Å². The van der Waals surface area contributed by atoms with Crippen LogP contribution < -0.4 is 29.0 Å². The second-order valence-corrected chi connectivity index (χ2v) is 10.3. The molecule has 0 radical (unpaired) electrons. The first-order valence-electron chi connectivity index (χ1n) is 14.6. The molecule has 9 heteroatoms. The van der Waals surface area contributed by atoms with E-state index in [2.05, 4.69) is 5.32 Å². The molecule has 0 aliphatic heterocycles. The van der Waals surface area contributed by atoms with Gasteiger partial charge in [-0.15, -0.1) is 0 Å². The van der Waals surface area contributed by atoms with Crippen LogP contribution in [0.15, 0.2) is 91.0 Å². The van der Waals surface area contributed by atoms with Crippen molar-refractivity contribution in [3.05, 3.63) is 113 Å². The number of benzene rings is 4. The molecule has 1 N–H and O–H groups in total. The molecule has 236 valence electrons. The fraction of sp³-hybridized carbons (Fsp3) is 0.278. The summed E-state index contributed by atoms with van der Waals surface area (Å²) in [5, 5.41) is 3.07. The summed E-state index contributed by atoms with van der Waals surface area (Å²) in [6.45, 7) is 0.566. The summed E-state index contributed by atoms with van der Waals surface area (Å²) in [6, 6.07) is 27.0. The Labute approximate surface area is 264 Å². The van der Waals surface area contributed by atoms with E-state index in [1.54, 1.807) is 52.6 Å². The maximum atomic E-state index is 14.2. The van der Waals surface area contributed by atoms with E-state index in [4.69, 9.17) is 23.7 Å². The number of methoxy groups -OCH3 is 5. The van der Waals surface area contributed by atoms with E-state index < -0.39 is 6.04 Å². The fourth-order valence-electron chi connectivity index (χ4n) is 5.09. The first-order valence-corrected chi connectivity index (χ1v) is 14.6. The molecular weight excluding hydrogens is 572 g/mol. The molecule has 0 saturated carbocycles. The number of carbonyl (C=O) groups excluding carboxylic acids is 2. The fourth-order valence-corrected chi connectivity index (χ4v) is 5.09. The molecular formula is C36H40N2O7. The molecule has 4 aromatic rings. The Bertz CT molecular complexity index is 1560. The second-order valence-electron chi connectivity index (χ2n) is 10.3. The largest absolute Gasteiger partial charge is 0.497 e. The molecule has 0 saturated heterocycles. The maximum Gasteiger partial charge on any atom is 0.247 e. The third-order valence-corrected chi connectivity index (χ3v) is 7.47. The lowest BCUT2D eigenvalue weighted by Gasteiger charge is -2.32. The van der Waals surface area contributed by atoms with Gasteiger partial charge in [-0.25, -0.2) is 0 Å². The van der Waals surface area contributed by atoms with Crippen molar-refractivity contribution < 1.29 is 33.3 Å². The standard InChI is InChI=1S/C36H40N2O7/c1-41-29-15-11-26(12-16-29)24-38(34(39)23-27-14-18-31(43-3)33(22-27)45-5)35(28-9-7-6-8-10-28)36(40)37-20-19-25-13-17-30(42-2)32(21-25)44-4/h6-18,21-22,35H,19-20,23-24H2,1-5H3,(H,37,40)/t35-/m0/s1. The average molecular weight is 613 g/mol. The lowest BCUT2D eigenvalue weighted by atomic mass is 10.0. The van der Waals surface area contributed by atoms with Gasteiger partial charge in [0.15, 0.2) is 23.0 Å². The Kier molecular flexibility index (Phi) is 11.7. The quantitative estimate of drug-likeness (QED) is 0.192. The Hall–Kier alpha value is -5.18. The van der Waals surface area contributed by atoms with Crippen LogP contribution >= 0.6 is 0 Å². The van der Waals surface area contributed by atoms with E-state index in [0.717, 1.165) is 16.7 Å². The van der Waals surface area contributed by atoms with Crippen molar-refractivity contribution in [1.82, 2.24) is 10.2 Å². The van der Waals surface area contributed by atoms with Gasteiger partial charge in [-0.1, -0.05) is 54.6 Å². The van der Waals surface area contributed by atoms with Gasteiger partial charge in [0.1, 0.15) is 11.8 Å². The summed E-state index contributed by atoms with van der Waals surface area (Å²) in [6.07, 6.45) is 0.616. The number of carbonyl (C=O) groups is 2. The zero-order valence-corrected chi connectivity index (χ0v) is 26.4. The van der Waals surface area contributed by atoms with Gasteiger partial charge in [-0.3, -0.25) is 9.59 Å². The minimum Gasteiger partial charge on any atom is -0.497 e. The van der Waals surface area contributed by atoms with Crippen molar-refractivity contribution in [2.45, 2.75) is 25.4 Å². The molecule has 0 aromatic heterocycles. The van der Waals surface area contributed by atoms with E-state index in [0.29, 0.717) is 47.3 Å². The van der Waals surface area contributed by atoms with Crippen LogP contribution in [0.1, 0.15) is 28.3 Å². The van der Waals surface area contributed by atoms with Crippen LogP contribution in [0, 0.1) is 0 Å². The lowest BCUT2D eigenvalue weighted by Crippen LogP contribution is -2.44. The topological polar surface area (TPSA) is 95.6 Å². The van der Waals surface area contributed by atoms with Crippen LogP contribution in [0.2, 0.25) is 0 Å². The molecule has 9 nitrogen and oxygen atoms in total.